The standard InChI is InChI=1S/C10H6F3N2O/c11-10(12,13)16-9-3-1-8(2-4-9)15-6-5-14-7-15/h1-6H. The van der Waals surface area contributed by atoms with E-state index in [9.17, 15) is 13.2 Å². The molecule has 0 saturated heterocycles. The van der Waals surface area contributed by atoms with Crippen LogP contribution in [0.5, 0.6) is 5.75 Å². The van der Waals surface area contributed by atoms with Crippen LogP contribution in [0.25, 0.3) is 5.69 Å². The first kappa shape index (κ1) is 10.5. The SMILES string of the molecule is FC(F)(F)Oc1ccc(-n2[c]ncc2)cc1. The van der Waals surface area contributed by atoms with Crippen molar-refractivity contribution in [3.63, 3.8) is 0 Å². The summed E-state index contributed by atoms with van der Waals surface area (Å²) in [6.07, 6.45) is 1.13. The molecule has 2 rings (SSSR count). The Labute approximate surface area is 89.1 Å². The fourth-order valence-electron chi connectivity index (χ4n) is 1.18. The van der Waals surface area contributed by atoms with E-state index in [4.69, 9.17) is 0 Å². The molecule has 0 amide bonds. The fraction of sp³-hybridized carbons (Fsp3) is 0.100. The van der Waals surface area contributed by atoms with Crippen molar-refractivity contribution in [2.45, 2.75) is 6.36 Å². The number of alkyl halides is 3. The Bertz CT molecular complexity index is 448. The van der Waals surface area contributed by atoms with Crippen LogP contribution < -0.4 is 4.74 Å². The van der Waals surface area contributed by atoms with Gasteiger partial charge < -0.3 is 4.74 Å². The first-order valence-electron chi connectivity index (χ1n) is 4.32. The monoisotopic (exact) mass is 227 g/mol. The minimum absolute atomic E-state index is 0.253. The fourth-order valence-corrected chi connectivity index (χ4v) is 1.18. The molecule has 0 atom stereocenters. The number of imidazole rings is 1. The van der Waals surface area contributed by atoms with Crippen LogP contribution in [0, 0.1) is 6.33 Å². The molecule has 0 unspecified atom stereocenters. The first-order valence-corrected chi connectivity index (χ1v) is 4.32. The van der Waals surface area contributed by atoms with Crippen molar-refractivity contribution in [2.75, 3.05) is 0 Å². The lowest BCUT2D eigenvalue weighted by molar-refractivity contribution is -0.274. The van der Waals surface area contributed by atoms with Crippen LogP contribution in [-0.4, -0.2) is 15.9 Å². The lowest BCUT2D eigenvalue weighted by Crippen LogP contribution is -2.17. The van der Waals surface area contributed by atoms with Crippen molar-refractivity contribution in [2.24, 2.45) is 0 Å². The Hall–Kier alpha value is -1.98. The smallest absolute Gasteiger partial charge is 0.406 e. The molecule has 0 aliphatic heterocycles. The van der Waals surface area contributed by atoms with Crippen molar-refractivity contribution >= 4 is 0 Å². The highest BCUT2D eigenvalue weighted by molar-refractivity contribution is 5.37. The Kier molecular flexibility index (Phi) is 2.55. The van der Waals surface area contributed by atoms with Gasteiger partial charge in [0.2, 0.25) is 0 Å². The van der Waals surface area contributed by atoms with Crippen molar-refractivity contribution in [3.05, 3.63) is 43.0 Å². The lowest BCUT2D eigenvalue weighted by Gasteiger charge is -2.09. The Morgan fingerprint density at radius 2 is 1.88 bits per heavy atom. The number of ether oxygens (including phenoxy) is 1. The van der Waals surface area contributed by atoms with E-state index >= 15 is 0 Å². The van der Waals surface area contributed by atoms with Crippen molar-refractivity contribution in [1.82, 2.24) is 9.55 Å². The van der Waals surface area contributed by atoms with E-state index in [1.807, 2.05) is 0 Å². The third-order valence-electron chi connectivity index (χ3n) is 1.80. The van der Waals surface area contributed by atoms with Gasteiger partial charge in [-0.1, -0.05) is 0 Å². The van der Waals surface area contributed by atoms with Gasteiger partial charge in [-0.15, -0.1) is 13.2 Å². The third-order valence-corrected chi connectivity index (χ3v) is 1.80. The molecule has 1 aromatic heterocycles. The number of halogens is 3. The van der Waals surface area contributed by atoms with Crippen molar-refractivity contribution in [1.29, 1.82) is 0 Å². The van der Waals surface area contributed by atoms with Crippen LogP contribution in [-0.2, 0) is 0 Å². The van der Waals surface area contributed by atoms with Crippen molar-refractivity contribution < 1.29 is 17.9 Å². The van der Waals surface area contributed by atoms with E-state index in [1.165, 1.54) is 30.5 Å². The topological polar surface area (TPSA) is 27.1 Å². The summed E-state index contributed by atoms with van der Waals surface area (Å²) in [6, 6.07) is 5.44. The quantitative estimate of drug-likeness (QED) is 0.788. The maximum Gasteiger partial charge on any atom is 0.573 e. The molecule has 0 aliphatic carbocycles. The minimum Gasteiger partial charge on any atom is -0.406 e. The van der Waals surface area contributed by atoms with Gasteiger partial charge in [-0.2, -0.15) is 0 Å². The molecule has 6 heteroatoms. The number of aromatic nitrogens is 2. The van der Waals surface area contributed by atoms with E-state index in [2.05, 4.69) is 16.0 Å². The summed E-state index contributed by atoms with van der Waals surface area (Å²) in [5.41, 5.74) is 0.659. The number of rotatable bonds is 2. The number of benzene rings is 1. The van der Waals surface area contributed by atoms with Crippen LogP contribution in [0.1, 0.15) is 0 Å². The van der Waals surface area contributed by atoms with Gasteiger partial charge in [0.15, 0.2) is 6.33 Å². The predicted octanol–water partition coefficient (Wildman–Crippen LogP) is 2.57. The largest absolute Gasteiger partial charge is 0.573 e. The normalized spacial score (nSPS) is 11.4. The number of hydrogen-bond donors (Lipinski definition) is 0. The second-order valence-corrected chi connectivity index (χ2v) is 2.94. The molecule has 0 N–H and O–H groups in total. The summed E-state index contributed by atoms with van der Waals surface area (Å²) in [6.45, 7) is 0. The lowest BCUT2D eigenvalue weighted by atomic mass is 10.3. The van der Waals surface area contributed by atoms with Gasteiger partial charge >= 0.3 is 6.36 Å². The molecule has 0 bridgehead atoms. The molecule has 16 heavy (non-hydrogen) atoms. The zero-order chi connectivity index (χ0) is 11.6. The van der Waals surface area contributed by atoms with Gasteiger partial charge in [0.25, 0.3) is 0 Å². The van der Waals surface area contributed by atoms with Crippen LogP contribution in [0.2, 0.25) is 0 Å². The molecule has 0 fully saturated rings. The maximum absolute atomic E-state index is 11.9. The second kappa shape index (κ2) is 3.88. The first-order chi connectivity index (χ1) is 7.54. The minimum atomic E-state index is -4.66. The average Bonchev–Trinajstić information content (AvgIpc) is 2.69. The summed E-state index contributed by atoms with van der Waals surface area (Å²) >= 11 is 0. The summed E-state index contributed by atoms with van der Waals surface area (Å²) in [5.74, 6) is -0.253. The second-order valence-electron chi connectivity index (χ2n) is 2.94. The van der Waals surface area contributed by atoms with Gasteiger partial charge in [-0.3, -0.25) is 4.57 Å². The van der Waals surface area contributed by atoms with Crippen LogP contribution in [0.4, 0.5) is 13.2 Å². The molecule has 0 aliphatic rings. The average molecular weight is 227 g/mol. The maximum atomic E-state index is 11.9. The van der Waals surface area contributed by atoms with Gasteiger partial charge in [-0.05, 0) is 24.3 Å². The van der Waals surface area contributed by atoms with E-state index in [-0.39, 0.29) is 5.75 Å². The van der Waals surface area contributed by atoms with Crippen molar-refractivity contribution in [3.8, 4) is 11.4 Å². The van der Waals surface area contributed by atoms with Crippen LogP contribution >= 0.6 is 0 Å². The molecule has 3 nitrogen and oxygen atoms in total. The van der Waals surface area contributed by atoms with E-state index < -0.39 is 6.36 Å². The van der Waals surface area contributed by atoms with E-state index in [0.29, 0.717) is 5.69 Å². The molecule has 1 heterocycles. The molecule has 1 aromatic carbocycles. The van der Waals surface area contributed by atoms with Gasteiger partial charge in [0, 0.05) is 18.1 Å². The van der Waals surface area contributed by atoms with E-state index in [0.717, 1.165) is 0 Å². The van der Waals surface area contributed by atoms with Gasteiger partial charge in [0.05, 0.1) is 0 Å². The number of nitrogens with zero attached hydrogens (tertiary/aromatic N) is 2. The summed E-state index contributed by atoms with van der Waals surface area (Å²) < 4.78 is 40.9. The highest BCUT2D eigenvalue weighted by Gasteiger charge is 2.30. The molecule has 0 saturated carbocycles. The Balaban J connectivity index is 2.17. The third kappa shape index (κ3) is 2.53. The van der Waals surface area contributed by atoms with E-state index in [1.54, 1.807) is 10.8 Å². The van der Waals surface area contributed by atoms with Crippen LogP contribution in [0.15, 0.2) is 36.7 Å². The van der Waals surface area contributed by atoms with Gasteiger partial charge in [-0.25, -0.2) is 4.98 Å². The molecule has 83 valence electrons. The summed E-state index contributed by atoms with van der Waals surface area (Å²) in [5, 5.41) is 0. The summed E-state index contributed by atoms with van der Waals surface area (Å²) in [7, 11) is 0. The molecular formula is C10H6F3N2O. The Morgan fingerprint density at radius 3 is 2.38 bits per heavy atom. The summed E-state index contributed by atoms with van der Waals surface area (Å²) in [4.78, 5) is 3.71. The molecule has 1 radical (unpaired) electrons. The predicted molar refractivity (Wildman–Crippen MR) is 49.1 cm³/mol. The zero-order valence-electron chi connectivity index (χ0n) is 7.90. The molecule has 0 spiro atoms. The highest BCUT2D eigenvalue weighted by atomic mass is 19.4. The number of hydrogen-bond acceptors (Lipinski definition) is 2. The highest BCUT2D eigenvalue weighted by Crippen LogP contribution is 2.23. The van der Waals surface area contributed by atoms with Crippen LogP contribution in [0.3, 0.4) is 0 Å². The Morgan fingerprint density at radius 1 is 1.19 bits per heavy atom. The van der Waals surface area contributed by atoms with Gasteiger partial charge in [0.1, 0.15) is 5.75 Å². The molecule has 2 aromatic rings. The zero-order valence-corrected chi connectivity index (χ0v) is 7.90. The molecular weight excluding hydrogens is 221 g/mol.